The smallest absolute Gasteiger partial charge is 0.254 e. The maximum atomic E-state index is 12.2. The topological polar surface area (TPSA) is 76.4 Å². The van der Waals surface area contributed by atoms with Crippen LogP contribution in [-0.2, 0) is 4.74 Å². The van der Waals surface area contributed by atoms with E-state index in [1.807, 2.05) is 12.1 Å². The molecule has 0 bridgehead atoms. The third-order valence-electron chi connectivity index (χ3n) is 3.36. The van der Waals surface area contributed by atoms with Gasteiger partial charge in [0.1, 0.15) is 0 Å². The Kier molecular flexibility index (Phi) is 6.15. The molecule has 124 valence electrons. The van der Waals surface area contributed by atoms with Crippen molar-refractivity contribution in [1.82, 2.24) is 15.1 Å². The Balaban J connectivity index is 2.00. The van der Waals surface area contributed by atoms with Crippen LogP contribution in [0.2, 0.25) is 5.02 Å². The van der Waals surface area contributed by atoms with Gasteiger partial charge in [-0.2, -0.15) is 5.10 Å². The summed E-state index contributed by atoms with van der Waals surface area (Å²) in [6.07, 6.45) is 1.53. The average molecular weight is 338 g/mol. The quantitative estimate of drug-likeness (QED) is 0.809. The van der Waals surface area contributed by atoms with Gasteiger partial charge < -0.3 is 15.2 Å². The number of hydrogen-bond donors (Lipinski definition) is 2. The molecule has 6 nitrogen and oxygen atoms in total. The molecule has 1 heterocycles. The van der Waals surface area contributed by atoms with E-state index in [0.717, 1.165) is 5.69 Å². The van der Waals surface area contributed by atoms with Crippen LogP contribution in [0, 0.1) is 6.92 Å². The second kappa shape index (κ2) is 8.10. The van der Waals surface area contributed by atoms with Crippen LogP contribution in [0.15, 0.2) is 30.5 Å². The highest BCUT2D eigenvalue weighted by Gasteiger charge is 2.14. The lowest BCUT2D eigenvalue weighted by Crippen LogP contribution is -2.28. The van der Waals surface area contributed by atoms with Crippen molar-refractivity contribution in [2.45, 2.75) is 19.4 Å². The van der Waals surface area contributed by atoms with E-state index >= 15 is 0 Å². The maximum absolute atomic E-state index is 12.2. The summed E-state index contributed by atoms with van der Waals surface area (Å²) in [5.41, 5.74) is 1.96. The molecule has 0 aliphatic heterocycles. The predicted molar refractivity (Wildman–Crippen MR) is 88.1 cm³/mol. The zero-order chi connectivity index (χ0) is 16.8. The molecule has 23 heavy (non-hydrogen) atoms. The maximum Gasteiger partial charge on any atom is 0.254 e. The van der Waals surface area contributed by atoms with Gasteiger partial charge in [-0.15, -0.1) is 0 Å². The molecule has 1 atom stereocenters. The zero-order valence-electron chi connectivity index (χ0n) is 13.1. The van der Waals surface area contributed by atoms with Crippen molar-refractivity contribution >= 4 is 17.5 Å². The van der Waals surface area contributed by atoms with Gasteiger partial charge in [0.05, 0.1) is 29.7 Å². The van der Waals surface area contributed by atoms with Gasteiger partial charge >= 0.3 is 0 Å². The Bertz CT molecular complexity index is 655. The number of nitrogens with one attached hydrogen (secondary N) is 1. The summed E-state index contributed by atoms with van der Waals surface area (Å²) in [4.78, 5) is 12.2. The molecule has 2 aromatic rings. The summed E-state index contributed by atoms with van der Waals surface area (Å²) in [6, 6.07) is 7.20. The molecule has 0 saturated carbocycles. The van der Waals surface area contributed by atoms with Crippen LogP contribution in [0.25, 0.3) is 5.69 Å². The monoisotopic (exact) mass is 337 g/mol. The molecule has 1 aromatic heterocycles. The normalized spacial score (nSPS) is 12.2. The summed E-state index contributed by atoms with van der Waals surface area (Å²) >= 11 is 5.87. The summed E-state index contributed by atoms with van der Waals surface area (Å²) in [5.74, 6) is -0.215. The van der Waals surface area contributed by atoms with Crippen molar-refractivity contribution in [3.8, 4) is 5.69 Å². The first-order valence-corrected chi connectivity index (χ1v) is 7.66. The van der Waals surface area contributed by atoms with Gasteiger partial charge in [0.25, 0.3) is 5.91 Å². The van der Waals surface area contributed by atoms with Crippen molar-refractivity contribution in [3.05, 3.63) is 46.7 Å². The number of halogens is 1. The van der Waals surface area contributed by atoms with E-state index in [2.05, 4.69) is 10.4 Å². The second-order valence-electron chi connectivity index (χ2n) is 5.20. The van der Waals surface area contributed by atoms with Crippen molar-refractivity contribution in [3.63, 3.8) is 0 Å². The van der Waals surface area contributed by atoms with Crippen LogP contribution in [0.1, 0.15) is 22.5 Å². The standard InChI is InChI=1S/C16H20ClN3O3/c1-11-15(16(22)18-8-7-14(21)10-23-2)9-20(19-11)13-5-3-12(17)4-6-13/h3-6,9,14,21H,7-8,10H2,1-2H3,(H,18,22). The van der Waals surface area contributed by atoms with E-state index in [1.54, 1.807) is 29.9 Å². The van der Waals surface area contributed by atoms with Gasteiger partial charge in [-0.05, 0) is 37.6 Å². The van der Waals surface area contributed by atoms with Crippen molar-refractivity contribution < 1.29 is 14.6 Å². The number of aryl methyl sites for hydroxylation is 1. The SMILES string of the molecule is COCC(O)CCNC(=O)c1cn(-c2ccc(Cl)cc2)nc1C. The highest BCUT2D eigenvalue weighted by atomic mass is 35.5. The third-order valence-corrected chi connectivity index (χ3v) is 3.61. The first-order chi connectivity index (χ1) is 11.0. The largest absolute Gasteiger partial charge is 0.391 e. The van der Waals surface area contributed by atoms with Crippen LogP contribution in [-0.4, -0.2) is 47.2 Å². The Morgan fingerprint density at radius 3 is 2.78 bits per heavy atom. The third kappa shape index (κ3) is 4.79. The number of benzene rings is 1. The molecule has 0 aliphatic carbocycles. The molecule has 1 amide bonds. The Hall–Kier alpha value is -1.89. The minimum absolute atomic E-state index is 0.215. The molecule has 2 N–H and O–H groups in total. The van der Waals surface area contributed by atoms with E-state index in [0.29, 0.717) is 29.2 Å². The molecule has 0 radical (unpaired) electrons. The number of ether oxygens (including phenoxy) is 1. The van der Waals surface area contributed by atoms with E-state index in [4.69, 9.17) is 16.3 Å². The van der Waals surface area contributed by atoms with Gasteiger partial charge in [-0.1, -0.05) is 11.6 Å². The van der Waals surface area contributed by atoms with E-state index in [9.17, 15) is 9.90 Å². The van der Waals surface area contributed by atoms with Crippen molar-refractivity contribution in [2.24, 2.45) is 0 Å². The zero-order valence-corrected chi connectivity index (χ0v) is 13.9. The lowest BCUT2D eigenvalue weighted by Gasteiger charge is -2.09. The van der Waals surface area contributed by atoms with Crippen LogP contribution in [0.4, 0.5) is 0 Å². The molecule has 1 unspecified atom stereocenters. The van der Waals surface area contributed by atoms with Gasteiger partial charge in [0.15, 0.2) is 0 Å². The summed E-state index contributed by atoms with van der Waals surface area (Å²) in [5, 5.41) is 17.3. The molecular weight excluding hydrogens is 318 g/mol. The van der Waals surface area contributed by atoms with Crippen LogP contribution >= 0.6 is 11.6 Å². The molecule has 7 heteroatoms. The van der Waals surface area contributed by atoms with Crippen LogP contribution in [0.3, 0.4) is 0 Å². The fourth-order valence-corrected chi connectivity index (χ4v) is 2.26. The Labute approximate surface area is 140 Å². The van der Waals surface area contributed by atoms with Crippen molar-refractivity contribution in [2.75, 3.05) is 20.3 Å². The first-order valence-electron chi connectivity index (χ1n) is 7.28. The summed E-state index contributed by atoms with van der Waals surface area (Å²) < 4.78 is 6.48. The molecule has 0 saturated heterocycles. The fourth-order valence-electron chi connectivity index (χ4n) is 2.13. The first kappa shape index (κ1) is 17.5. The lowest BCUT2D eigenvalue weighted by molar-refractivity contribution is 0.0587. The van der Waals surface area contributed by atoms with Crippen LogP contribution in [0.5, 0.6) is 0 Å². The van der Waals surface area contributed by atoms with Gasteiger partial charge in [0.2, 0.25) is 0 Å². The van der Waals surface area contributed by atoms with E-state index < -0.39 is 6.10 Å². The van der Waals surface area contributed by atoms with E-state index in [-0.39, 0.29) is 12.5 Å². The Morgan fingerprint density at radius 1 is 1.43 bits per heavy atom. The number of carbonyl (C=O) groups excluding carboxylic acids is 1. The number of aliphatic hydroxyl groups is 1. The number of nitrogens with zero attached hydrogens (tertiary/aromatic N) is 2. The van der Waals surface area contributed by atoms with Gasteiger partial charge in [-0.25, -0.2) is 4.68 Å². The molecule has 0 spiro atoms. The number of carbonyl (C=O) groups is 1. The number of amides is 1. The molecule has 2 rings (SSSR count). The minimum Gasteiger partial charge on any atom is -0.391 e. The number of methoxy groups -OCH3 is 1. The molecule has 1 aromatic carbocycles. The Morgan fingerprint density at radius 2 is 2.13 bits per heavy atom. The number of rotatable bonds is 7. The van der Waals surface area contributed by atoms with E-state index in [1.165, 1.54) is 7.11 Å². The summed E-state index contributed by atoms with van der Waals surface area (Å²) in [6.45, 7) is 2.40. The predicted octanol–water partition coefficient (Wildman–Crippen LogP) is 1.96. The number of aromatic nitrogens is 2. The van der Waals surface area contributed by atoms with Gasteiger partial charge in [-0.3, -0.25) is 4.79 Å². The average Bonchev–Trinajstić information content (AvgIpc) is 2.90. The second-order valence-corrected chi connectivity index (χ2v) is 5.64. The fraction of sp³-hybridized carbons (Fsp3) is 0.375. The molecule has 0 aliphatic rings. The number of aliphatic hydroxyl groups excluding tert-OH is 1. The lowest BCUT2D eigenvalue weighted by atomic mass is 10.2. The van der Waals surface area contributed by atoms with Crippen LogP contribution < -0.4 is 5.32 Å². The van der Waals surface area contributed by atoms with Crippen molar-refractivity contribution in [1.29, 1.82) is 0 Å². The number of hydrogen-bond acceptors (Lipinski definition) is 4. The summed E-state index contributed by atoms with van der Waals surface area (Å²) in [7, 11) is 1.52. The highest BCUT2D eigenvalue weighted by Crippen LogP contribution is 2.15. The minimum atomic E-state index is -0.585. The van der Waals surface area contributed by atoms with Gasteiger partial charge in [0, 0.05) is 24.9 Å². The highest BCUT2D eigenvalue weighted by molar-refractivity contribution is 6.30. The molecular formula is C16H20ClN3O3. The molecule has 0 fully saturated rings.